The van der Waals surface area contributed by atoms with Gasteiger partial charge in [0.05, 0.1) is 26.9 Å². The summed E-state index contributed by atoms with van der Waals surface area (Å²) in [5.74, 6) is 0. The van der Waals surface area contributed by atoms with Crippen LogP contribution in [0.5, 0.6) is 0 Å². The Bertz CT molecular complexity index is 250. The molecular weight excluding hydrogens is 253 g/mol. The van der Waals surface area contributed by atoms with Crippen LogP contribution in [-0.4, -0.2) is 77.3 Å². The largest absolute Gasteiger partial charge is 0.756 e. The fourth-order valence-corrected chi connectivity index (χ4v) is 1.88. The summed E-state index contributed by atoms with van der Waals surface area (Å²) in [6.07, 6.45) is -1.12. The van der Waals surface area contributed by atoms with Gasteiger partial charge in [-0.1, -0.05) is 0 Å². The zero-order chi connectivity index (χ0) is 13.5. The Labute approximate surface area is 99.9 Å². The summed E-state index contributed by atoms with van der Waals surface area (Å²) >= 11 is 0. The van der Waals surface area contributed by atoms with Crippen LogP contribution in [0.3, 0.4) is 0 Å². The lowest BCUT2D eigenvalue weighted by atomic mass is 10.3. The number of rotatable bonds is 9. The van der Waals surface area contributed by atoms with Gasteiger partial charge in [-0.2, -0.15) is 0 Å². The molecule has 8 nitrogen and oxygen atoms in total. The molecule has 0 saturated carbocycles. The maximum atomic E-state index is 10.3. The van der Waals surface area contributed by atoms with Crippen molar-refractivity contribution in [1.82, 2.24) is 0 Å². The Hall–Kier alpha value is -0.0500. The highest BCUT2D eigenvalue weighted by atomic mass is 31.2. The quantitative estimate of drug-likeness (QED) is 0.265. The van der Waals surface area contributed by atoms with E-state index in [0.29, 0.717) is 13.1 Å². The van der Waals surface area contributed by atoms with E-state index in [1.54, 1.807) is 7.05 Å². The number of hydrogen-bond donors (Lipinski definition) is 4. The third-order valence-corrected chi connectivity index (χ3v) is 2.84. The Morgan fingerprint density at radius 3 is 2.18 bits per heavy atom. The molecule has 0 spiro atoms. The molecule has 2 atom stereocenters. The van der Waals surface area contributed by atoms with Crippen molar-refractivity contribution in [2.75, 3.05) is 46.5 Å². The monoisotopic (exact) mass is 273 g/mol. The van der Waals surface area contributed by atoms with Gasteiger partial charge in [0.15, 0.2) is 0 Å². The summed E-state index contributed by atoms with van der Waals surface area (Å²) in [5, 5.41) is 27.2. The van der Waals surface area contributed by atoms with Crippen molar-refractivity contribution in [3.8, 4) is 0 Å². The molecule has 9 heteroatoms. The second-order valence-electron chi connectivity index (χ2n) is 4.11. The van der Waals surface area contributed by atoms with E-state index in [-0.39, 0.29) is 24.2 Å². The molecule has 4 N–H and O–H groups in total. The molecule has 0 aliphatic carbocycles. The van der Waals surface area contributed by atoms with Crippen molar-refractivity contribution in [1.29, 1.82) is 0 Å². The molecular formula is C8H20NO7P. The van der Waals surface area contributed by atoms with Crippen LogP contribution in [0, 0.1) is 0 Å². The molecule has 17 heavy (non-hydrogen) atoms. The SMILES string of the molecule is C[N+](CCO)(CCO)CC(O)COP(=O)([O-])O. The third-order valence-electron chi connectivity index (χ3n) is 2.36. The number of phosphoric acid groups is 1. The normalized spacial score (nSPS) is 17.8. The predicted molar refractivity (Wildman–Crippen MR) is 56.7 cm³/mol. The van der Waals surface area contributed by atoms with Crippen LogP contribution in [0.25, 0.3) is 0 Å². The van der Waals surface area contributed by atoms with Crippen molar-refractivity contribution in [3.63, 3.8) is 0 Å². The first-order valence-electron chi connectivity index (χ1n) is 5.14. The highest BCUT2D eigenvalue weighted by Crippen LogP contribution is 2.30. The number of aliphatic hydroxyl groups excluding tert-OH is 3. The van der Waals surface area contributed by atoms with Crippen molar-refractivity contribution in [2.24, 2.45) is 0 Å². The van der Waals surface area contributed by atoms with E-state index in [1.165, 1.54) is 0 Å². The van der Waals surface area contributed by atoms with Crippen LogP contribution in [0.2, 0.25) is 0 Å². The summed E-state index contributed by atoms with van der Waals surface area (Å²) in [6.45, 7) is -0.0745. The van der Waals surface area contributed by atoms with E-state index in [2.05, 4.69) is 4.52 Å². The van der Waals surface area contributed by atoms with Gasteiger partial charge in [-0.15, -0.1) is 0 Å². The average molecular weight is 273 g/mol. The van der Waals surface area contributed by atoms with E-state index in [0.717, 1.165) is 0 Å². The summed E-state index contributed by atoms with van der Waals surface area (Å²) in [5.41, 5.74) is 0. The van der Waals surface area contributed by atoms with Crippen LogP contribution in [0.4, 0.5) is 0 Å². The summed E-state index contributed by atoms with van der Waals surface area (Å²) in [6, 6.07) is 0. The van der Waals surface area contributed by atoms with Crippen molar-refractivity contribution in [2.45, 2.75) is 6.10 Å². The third kappa shape index (κ3) is 8.64. The maximum Gasteiger partial charge on any atom is 0.265 e. The first kappa shape index (κ1) is 16.9. The Morgan fingerprint density at radius 1 is 1.35 bits per heavy atom. The number of quaternary nitrogens is 1. The van der Waals surface area contributed by atoms with Gasteiger partial charge in [0, 0.05) is 0 Å². The molecule has 2 unspecified atom stereocenters. The second-order valence-corrected chi connectivity index (χ2v) is 5.31. The van der Waals surface area contributed by atoms with Crippen LogP contribution in [0.15, 0.2) is 0 Å². The molecule has 0 radical (unpaired) electrons. The molecule has 0 amide bonds. The molecule has 104 valence electrons. The minimum Gasteiger partial charge on any atom is -0.756 e. The fraction of sp³-hybridized carbons (Fsp3) is 1.00. The first-order chi connectivity index (χ1) is 7.72. The molecule has 0 aromatic heterocycles. The van der Waals surface area contributed by atoms with E-state index in [4.69, 9.17) is 15.1 Å². The maximum absolute atomic E-state index is 10.3. The average Bonchev–Trinajstić information content (AvgIpc) is 2.14. The van der Waals surface area contributed by atoms with E-state index in [9.17, 15) is 14.6 Å². The first-order valence-corrected chi connectivity index (χ1v) is 6.63. The van der Waals surface area contributed by atoms with Gasteiger partial charge < -0.3 is 34.1 Å². The van der Waals surface area contributed by atoms with Gasteiger partial charge >= 0.3 is 0 Å². The number of phosphoric ester groups is 1. The van der Waals surface area contributed by atoms with Gasteiger partial charge in [0.1, 0.15) is 25.7 Å². The molecule has 0 rings (SSSR count). The minimum atomic E-state index is -4.83. The number of aliphatic hydroxyl groups is 3. The zero-order valence-electron chi connectivity index (χ0n) is 9.73. The molecule has 0 heterocycles. The predicted octanol–water partition coefficient (Wildman–Crippen LogP) is -2.74. The second kappa shape index (κ2) is 7.40. The molecule has 0 saturated heterocycles. The van der Waals surface area contributed by atoms with Gasteiger partial charge in [-0.25, -0.2) is 0 Å². The highest BCUT2D eigenvalue weighted by molar-refractivity contribution is 7.44. The van der Waals surface area contributed by atoms with Crippen LogP contribution in [-0.2, 0) is 9.09 Å². The standard InChI is InChI=1S/C8H20NO7P/c1-9(2-4-10,3-5-11)6-8(12)7-16-17(13,14)15/h8,10-12H,2-7H2,1H3,(H-,13,14,15). The molecule has 0 aromatic carbocycles. The Kier molecular flexibility index (Phi) is 7.38. The van der Waals surface area contributed by atoms with E-state index >= 15 is 0 Å². The number of nitrogens with zero attached hydrogens (tertiary/aromatic N) is 1. The Balaban J connectivity index is 4.21. The van der Waals surface area contributed by atoms with Crippen LogP contribution < -0.4 is 4.89 Å². The van der Waals surface area contributed by atoms with Crippen LogP contribution in [0.1, 0.15) is 0 Å². The lowest BCUT2D eigenvalue weighted by Gasteiger charge is -2.35. The highest BCUT2D eigenvalue weighted by Gasteiger charge is 2.25. The molecule has 0 fully saturated rings. The molecule has 0 aromatic rings. The van der Waals surface area contributed by atoms with Gasteiger partial charge in [-0.05, 0) is 0 Å². The van der Waals surface area contributed by atoms with Crippen LogP contribution >= 0.6 is 7.82 Å². The smallest absolute Gasteiger partial charge is 0.265 e. The lowest BCUT2D eigenvalue weighted by molar-refractivity contribution is -0.913. The van der Waals surface area contributed by atoms with Gasteiger partial charge in [-0.3, -0.25) is 4.57 Å². The zero-order valence-corrected chi connectivity index (χ0v) is 10.6. The molecule has 0 bridgehead atoms. The van der Waals surface area contributed by atoms with Gasteiger partial charge in [0.25, 0.3) is 7.82 Å². The summed E-state index contributed by atoms with van der Waals surface area (Å²) < 4.78 is 14.6. The molecule has 0 aliphatic rings. The number of likely N-dealkylation sites (N-methyl/N-ethyl adjacent to an activating group) is 1. The minimum absolute atomic E-state index is 0.0983. The molecule has 0 aliphatic heterocycles. The van der Waals surface area contributed by atoms with E-state index < -0.39 is 20.5 Å². The number of hydrogen-bond acceptors (Lipinski definition) is 6. The van der Waals surface area contributed by atoms with Crippen molar-refractivity contribution >= 4 is 7.82 Å². The topological polar surface area (TPSA) is 130 Å². The van der Waals surface area contributed by atoms with Crippen molar-refractivity contribution in [3.05, 3.63) is 0 Å². The fourth-order valence-electron chi connectivity index (χ4n) is 1.52. The van der Waals surface area contributed by atoms with Crippen molar-refractivity contribution < 1.29 is 38.7 Å². The summed E-state index contributed by atoms with van der Waals surface area (Å²) in [7, 11) is -3.13. The lowest BCUT2D eigenvalue weighted by Crippen LogP contribution is -2.52. The Morgan fingerprint density at radius 2 is 1.82 bits per heavy atom. The summed E-state index contributed by atoms with van der Waals surface area (Å²) in [4.78, 5) is 18.7. The van der Waals surface area contributed by atoms with E-state index in [1.807, 2.05) is 0 Å². The van der Waals surface area contributed by atoms with Gasteiger partial charge in [0.2, 0.25) is 0 Å².